The molecule has 1 aromatic heterocycles. The lowest BCUT2D eigenvalue weighted by molar-refractivity contribution is 0.0916. The van der Waals surface area contributed by atoms with Crippen LogP contribution in [0.25, 0.3) is 5.69 Å². The lowest BCUT2D eigenvalue weighted by Crippen LogP contribution is -2.43. The molecule has 1 aromatic carbocycles. The van der Waals surface area contributed by atoms with E-state index in [1.807, 2.05) is 37.3 Å². The Morgan fingerprint density at radius 2 is 1.91 bits per heavy atom. The molecule has 0 bridgehead atoms. The number of nitrogens with one attached hydrogen (secondary N) is 1. The van der Waals surface area contributed by atoms with Crippen molar-refractivity contribution in [2.75, 3.05) is 20.1 Å². The first-order chi connectivity index (χ1) is 11.1. The molecule has 23 heavy (non-hydrogen) atoms. The van der Waals surface area contributed by atoms with E-state index in [9.17, 15) is 4.79 Å². The molecular formula is C17H21ClN4O. The van der Waals surface area contributed by atoms with Crippen molar-refractivity contribution in [3.8, 4) is 5.69 Å². The molecule has 2 heterocycles. The zero-order chi connectivity index (χ0) is 16.4. The van der Waals surface area contributed by atoms with E-state index in [0.717, 1.165) is 31.6 Å². The van der Waals surface area contributed by atoms with Crippen molar-refractivity contribution in [1.82, 2.24) is 20.0 Å². The summed E-state index contributed by atoms with van der Waals surface area (Å²) in [6.45, 7) is 3.82. The van der Waals surface area contributed by atoms with Gasteiger partial charge in [0, 0.05) is 6.04 Å². The van der Waals surface area contributed by atoms with Gasteiger partial charge in [0.2, 0.25) is 0 Å². The number of halogens is 1. The number of hydrogen-bond acceptors (Lipinski definition) is 3. The second-order valence-corrected chi connectivity index (χ2v) is 6.41. The molecule has 1 N–H and O–H groups in total. The van der Waals surface area contributed by atoms with Crippen molar-refractivity contribution in [3.63, 3.8) is 0 Å². The third kappa shape index (κ3) is 3.41. The largest absolute Gasteiger partial charge is 0.349 e. The molecule has 1 saturated heterocycles. The van der Waals surface area contributed by atoms with Crippen LogP contribution >= 0.6 is 11.6 Å². The van der Waals surface area contributed by atoms with Gasteiger partial charge >= 0.3 is 0 Å². The Hall–Kier alpha value is -1.85. The Morgan fingerprint density at radius 1 is 1.26 bits per heavy atom. The maximum Gasteiger partial charge on any atom is 0.256 e. The third-order valence-electron chi connectivity index (χ3n) is 4.29. The summed E-state index contributed by atoms with van der Waals surface area (Å²) < 4.78 is 1.61. The highest BCUT2D eigenvalue weighted by atomic mass is 35.5. The van der Waals surface area contributed by atoms with Crippen LogP contribution in [0.15, 0.2) is 30.3 Å². The molecule has 2 aromatic rings. The maximum absolute atomic E-state index is 12.6. The van der Waals surface area contributed by atoms with Crippen LogP contribution < -0.4 is 5.32 Å². The number of nitrogens with zero attached hydrogens (tertiary/aromatic N) is 3. The van der Waals surface area contributed by atoms with Crippen LogP contribution in [0.2, 0.25) is 5.15 Å². The average molecular weight is 333 g/mol. The molecule has 0 aliphatic carbocycles. The van der Waals surface area contributed by atoms with Gasteiger partial charge in [-0.1, -0.05) is 29.8 Å². The normalized spacial score (nSPS) is 16.5. The van der Waals surface area contributed by atoms with Gasteiger partial charge in [0.15, 0.2) is 0 Å². The van der Waals surface area contributed by atoms with Gasteiger partial charge < -0.3 is 10.2 Å². The van der Waals surface area contributed by atoms with Crippen molar-refractivity contribution >= 4 is 17.5 Å². The van der Waals surface area contributed by atoms with Crippen molar-refractivity contribution in [1.29, 1.82) is 0 Å². The molecule has 0 saturated carbocycles. The van der Waals surface area contributed by atoms with Gasteiger partial charge in [-0.2, -0.15) is 5.10 Å². The van der Waals surface area contributed by atoms with E-state index in [0.29, 0.717) is 16.4 Å². The van der Waals surface area contributed by atoms with Crippen LogP contribution in [0.5, 0.6) is 0 Å². The van der Waals surface area contributed by atoms with E-state index in [-0.39, 0.29) is 11.9 Å². The number of piperidine rings is 1. The number of likely N-dealkylation sites (tertiary alicyclic amines) is 1. The first-order valence-electron chi connectivity index (χ1n) is 7.86. The zero-order valence-electron chi connectivity index (χ0n) is 13.4. The molecule has 1 fully saturated rings. The molecule has 1 aliphatic rings. The molecule has 0 atom stereocenters. The molecule has 0 radical (unpaired) electrons. The first kappa shape index (κ1) is 16.0. The Bertz CT molecular complexity index is 690. The van der Waals surface area contributed by atoms with Gasteiger partial charge in [0.05, 0.1) is 16.9 Å². The highest BCUT2D eigenvalue weighted by Crippen LogP contribution is 2.24. The standard InChI is InChI=1S/C17H21ClN4O/c1-12-15(17(23)19-13-8-10-21(2)11-9-13)16(18)22(20-12)14-6-4-3-5-7-14/h3-7,13H,8-11H2,1-2H3,(H,19,23). The Morgan fingerprint density at radius 3 is 2.57 bits per heavy atom. The van der Waals surface area contributed by atoms with E-state index in [4.69, 9.17) is 11.6 Å². The predicted octanol–water partition coefficient (Wildman–Crippen LogP) is 2.66. The van der Waals surface area contributed by atoms with Gasteiger partial charge in [-0.15, -0.1) is 0 Å². The molecule has 3 rings (SSSR count). The number of carbonyl (C=O) groups excluding carboxylic acids is 1. The van der Waals surface area contributed by atoms with Gasteiger partial charge in [0.1, 0.15) is 5.15 Å². The van der Waals surface area contributed by atoms with Crippen LogP contribution in [-0.4, -0.2) is 46.8 Å². The number of aryl methyl sites for hydroxylation is 1. The van der Waals surface area contributed by atoms with E-state index in [1.54, 1.807) is 4.68 Å². The summed E-state index contributed by atoms with van der Waals surface area (Å²) in [7, 11) is 2.10. The summed E-state index contributed by atoms with van der Waals surface area (Å²) in [6, 6.07) is 9.80. The summed E-state index contributed by atoms with van der Waals surface area (Å²) in [4.78, 5) is 14.9. The quantitative estimate of drug-likeness (QED) is 0.940. The number of aromatic nitrogens is 2. The fourth-order valence-electron chi connectivity index (χ4n) is 2.91. The SMILES string of the molecule is Cc1nn(-c2ccccc2)c(Cl)c1C(=O)NC1CCN(C)CC1. The minimum Gasteiger partial charge on any atom is -0.349 e. The van der Waals surface area contributed by atoms with Gasteiger partial charge in [0.25, 0.3) is 5.91 Å². The summed E-state index contributed by atoms with van der Waals surface area (Å²) >= 11 is 6.43. The molecule has 122 valence electrons. The Labute approximate surface area is 141 Å². The minimum atomic E-state index is -0.135. The number of rotatable bonds is 3. The van der Waals surface area contributed by atoms with Crippen molar-refractivity contribution in [2.45, 2.75) is 25.8 Å². The highest BCUT2D eigenvalue weighted by Gasteiger charge is 2.24. The second kappa shape index (κ2) is 6.72. The highest BCUT2D eigenvalue weighted by molar-refractivity contribution is 6.33. The Kier molecular flexibility index (Phi) is 4.68. The fraction of sp³-hybridized carbons (Fsp3) is 0.412. The molecule has 1 aliphatic heterocycles. The van der Waals surface area contributed by atoms with Crippen LogP contribution in [0.1, 0.15) is 28.9 Å². The summed E-state index contributed by atoms with van der Waals surface area (Å²) in [5.41, 5.74) is 1.96. The number of benzene rings is 1. The molecular weight excluding hydrogens is 312 g/mol. The van der Waals surface area contributed by atoms with Crippen molar-refractivity contribution in [3.05, 3.63) is 46.7 Å². The smallest absolute Gasteiger partial charge is 0.256 e. The molecule has 5 nitrogen and oxygen atoms in total. The number of para-hydroxylation sites is 1. The topological polar surface area (TPSA) is 50.2 Å². The predicted molar refractivity (Wildman–Crippen MR) is 91.3 cm³/mol. The van der Waals surface area contributed by atoms with Crippen LogP contribution in [0.3, 0.4) is 0 Å². The summed E-state index contributed by atoms with van der Waals surface area (Å²) in [5, 5.41) is 7.88. The third-order valence-corrected chi connectivity index (χ3v) is 4.63. The monoisotopic (exact) mass is 332 g/mol. The van der Waals surface area contributed by atoms with E-state index in [2.05, 4.69) is 22.4 Å². The first-order valence-corrected chi connectivity index (χ1v) is 8.24. The van der Waals surface area contributed by atoms with Crippen LogP contribution in [0, 0.1) is 6.92 Å². The van der Waals surface area contributed by atoms with Gasteiger partial charge in [-0.05, 0) is 52.0 Å². The van der Waals surface area contributed by atoms with Gasteiger partial charge in [-0.3, -0.25) is 4.79 Å². The molecule has 0 spiro atoms. The lowest BCUT2D eigenvalue weighted by atomic mass is 10.1. The number of carbonyl (C=O) groups is 1. The minimum absolute atomic E-state index is 0.135. The molecule has 6 heteroatoms. The molecule has 1 amide bonds. The van der Waals surface area contributed by atoms with Crippen molar-refractivity contribution < 1.29 is 4.79 Å². The van der Waals surface area contributed by atoms with E-state index in [1.165, 1.54) is 0 Å². The second-order valence-electron chi connectivity index (χ2n) is 6.05. The number of amides is 1. The maximum atomic E-state index is 12.6. The van der Waals surface area contributed by atoms with E-state index < -0.39 is 0 Å². The van der Waals surface area contributed by atoms with Crippen LogP contribution in [-0.2, 0) is 0 Å². The van der Waals surface area contributed by atoms with Gasteiger partial charge in [-0.25, -0.2) is 4.68 Å². The van der Waals surface area contributed by atoms with E-state index >= 15 is 0 Å². The number of hydrogen-bond donors (Lipinski definition) is 1. The summed E-state index contributed by atoms with van der Waals surface area (Å²) in [6.07, 6.45) is 1.93. The van der Waals surface area contributed by atoms with Crippen molar-refractivity contribution in [2.24, 2.45) is 0 Å². The lowest BCUT2D eigenvalue weighted by Gasteiger charge is -2.29. The zero-order valence-corrected chi connectivity index (χ0v) is 14.2. The van der Waals surface area contributed by atoms with Crippen LogP contribution in [0.4, 0.5) is 0 Å². The average Bonchev–Trinajstić information content (AvgIpc) is 2.85. The Balaban J connectivity index is 1.80. The molecule has 0 unspecified atom stereocenters. The fourth-order valence-corrected chi connectivity index (χ4v) is 3.27. The summed E-state index contributed by atoms with van der Waals surface area (Å²) in [5.74, 6) is -0.135.